The standard InChI is InChI=1S/C26H58O6S2Si2/c1-7-13-19-35(20-14-8-2,21-15-9-3)26(34(30,31)32,25-33(27,28)29)36(22-16-10-4,23-17-11-5)24-18-12-6/h7-25H2,1-6H3,(H,27,28,29)(H,30,31,32). The lowest BCUT2D eigenvalue weighted by Gasteiger charge is -2.57. The molecule has 0 aromatic rings. The van der Waals surface area contributed by atoms with Crippen molar-refractivity contribution < 1.29 is 25.9 Å². The molecule has 2 N–H and O–H groups in total. The monoisotopic (exact) mass is 586 g/mol. The lowest BCUT2D eigenvalue weighted by molar-refractivity contribution is 0.457. The predicted octanol–water partition coefficient (Wildman–Crippen LogP) is 8.28. The van der Waals surface area contributed by atoms with Crippen molar-refractivity contribution >= 4 is 36.4 Å². The van der Waals surface area contributed by atoms with Crippen LogP contribution in [0.25, 0.3) is 0 Å². The minimum Gasteiger partial charge on any atom is -0.286 e. The van der Waals surface area contributed by atoms with Gasteiger partial charge in [-0.2, -0.15) is 16.8 Å². The first-order chi connectivity index (χ1) is 16.8. The second kappa shape index (κ2) is 17.1. The zero-order valence-electron chi connectivity index (χ0n) is 24.3. The van der Waals surface area contributed by atoms with Gasteiger partial charge in [-0.3, -0.25) is 9.11 Å². The van der Waals surface area contributed by atoms with Gasteiger partial charge in [-0.15, -0.1) is 0 Å². The molecule has 10 heteroatoms. The highest BCUT2D eigenvalue weighted by Crippen LogP contribution is 2.53. The second-order valence-corrected chi connectivity index (χ2v) is 25.4. The maximum Gasteiger partial charge on any atom is 0.266 e. The molecule has 0 aromatic carbocycles. The van der Waals surface area contributed by atoms with Crippen LogP contribution in [0.15, 0.2) is 0 Å². The molecule has 218 valence electrons. The van der Waals surface area contributed by atoms with Gasteiger partial charge >= 0.3 is 0 Å². The van der Waals surface area contributed by atoms with Crippen LogP contribution in [0.3, 0.4) is 0 Å². The molecule has 0 saturated heterocycles. The molecule has 0 fully saturated rings. The van der Waals surface area contributed by atoms with Gasteiger partial charge in [-0.05, 0) is 0 Å². The molecule has 36 heavy (non-hydrogen) atoms. The van der Waals surface area contributed by atoms with E-state index < -0.39 is 46.1 Å². The molecule has 0 aliphatic rings. The van der Waals surface area contributed by atoms with Crippen molar-refractivity contribution in [2.45, 2.75) is 159 Å². The summed E-state index contributed by atoms with van der Waals surface area (Å²) in [7, 11) is -15.4. The molecule has 0 spiro atoms. The Labute approximate surface area is 226 Å². The van der Waals surface area contributed by atoms with Gasteiger partial charge in [0.25, 0.3) is 20.2 Å². The van der Waals surface area contributed by atoms with Crippen LogP contribution in [-0.2, 0) is 20.2 Å². The van der Waals surface area contributed by atoms with E-state index in [2.05, 4.69) is 41.5 Å². The van der Waals surface area contributed by atoms with Crippen LogP contribution in [0.5, 0.6) is 0 Å². The average Bonchev–Trinajstić information content (AvgIpc) is 2.81. The molecule has 0 rings (SSSR count). The van der Waals surface area contributed by atoms with Crippen molar-refractivity contribution in [2.75, 3.05) is 5.75 Å². The third-order valence-electron chi connectivity index (χ3n) is 8.59. The molecule has 0 amide bonds. The summed E-state index contributed by atoms with van der Waals surface area (Å²) in [5.74, 6) is -0.800. The minimum atomic E-state index is -4.77. The Bertz CT molecular complexity index is 724. The summed E-state index contributed by atoms with van der Waals surface area (Å²) in [5, 5.41) is 0. The smallest absolute Gasteiger partial charge is 0.266 e. The van der Waals surface area contributed by atoms with Crippen LogP contribution in [-0.4, -0.2) is 51.8 Å². The highest BCUT2D eigenvalue weighted by atomic mass is 32.2. The Kier molecular flexibility index (Phi) is 17.2. The fraction of sp³-hybridized carbons (Fsp3) is 1.00. The third-order valence-corrected chi connectivity index (χ3v) is 30.1. The summed E-state index contributed by atoms with van der Waals surface area (Å²) < 4.78 is 74.0. The minimum absolute atomic E-state index is 0.706. The first kappa shape index (κ1) is 36.3. The SMILES string of the molecule is CCCC[Si](CCCC)(CCCC)C(CS(=O)(=O)O)([Si](CCCC)(CCCC)CCCC)S(=O)(=O)O. The lowest BCUT2D eigenvalue weighted by atomic mass is 10.4. The van der Waals surface area contributed by atoms with E-state index in [0.29, 0.717) is 36.3 Å². The maximum atomic E-state index is 14.1. The lowest BCUT2D eigenvalue weighted by Crippen LogP contribution is -2.78. The maximum absolute atomic E-state index is 14.1. The van der Waals surface area contributed by atoms with Gasteiger partial charge in [-0.25, -0.2) is 0 Å². The average molecular weight is 587 g/mol. The number of unbranched alkanes of at least 4 members (excludes halogenated alkanes) is 6. The van der Waals surface area contributed by atoms with Gasteiger partial charge in [0, 0.05) is 0 Å². The van der Waals surface area contributed by atoms with Crippen molar-refractivity contribution in [1.29, 1.82) is 0 Å². The molecule has 0 heterocycles. The molecule has 0 bridgehead atoms. The Morgan fingerprint density at radius 3 is 0.861 bits per heavy atom. The first-order valence-corrected chi connectivity index (χ1v) is 23.0. The van der Waals surface area contributed by atoms with Gasteiger partial charge < -0.3 is 0 Å². The van der Waals surface area contributed by atoms with Gasteiger partial charge in [0.05, 0.1) is 25.9 Å². The fourth-order valence-electron chi connectivity index (χ4n) is 6.80. The van der Waals surface area contributed by atoms with E-state index in [1.54, 1.807) is 0 Å². The van der Waals surface area contributed by atoms with Crippen molar-refractivity contribution in [1.82, 2.24) is 0 Å². The highest BCUT2D eigenvalue weighted by Gasteiger charge is 2.70. The second-order valence-electron chi connectivity index (χ2n) is 11.2. The van der Waals surface area contributed by atoms with E-state index in [0.717, 1.165) is 77.0 Å². The Morgan fingerprint density at radius 1 is 0.500 bits per heavy atom. The summed E-state index contributed by atoms with van der Waals surface area (Å²) in [6.45, 7) is 12.5. The van der Waals surface area contributed by atoms with Crippen LogP contribution in [0.2, 0.25) is 36.3 Å². The molecule has 0 aliphatic heterocycles. The van der Waals surface area contributed by atoms with E-state index in [4.69, 9.17) is 0 Å². The van der Waals surface area contributed by atoms with Crippen molar-refractivity contribution in [3.05, 3.63) is 0 Å². The summed E-state index contributed by atoms with van der Waals surface area (Å²) in [5.41, 5.74) is 0. The molecular formula is C26H58O6S2Si2. The molecule has 0 radical (unpaired) electrons. The van der Waals surface area contributed by atoms with Gasteiger partial charge in [0.15, 0.2) is 0 Å². The molecule has 0 atom stereocenters. The normalized spacial score (nSPS) is 13.9. The van der Waals surface area contributed by atoms with Crippen LogP contribution in [0, 0.1) is 0 Å². The number of hydrogen-bond acceptors (Lipinski definition) is 4. The summed E-state index contributed by atoms with van der Waals surface area (Å²) >= 11 is 0. The fourth-order valence-corrected chi connectivity index (χ4v) is 35.0. The van der Waals surface area contributed by atoms with Crippen LogP contribution >= 0.6 is 0 Å². The van der Waals surface area contributed by atoms with Gasteiger partial charge in [0.1, 0.15) is 0 Å². The summed E-state index contributed by atoms with van der Waals surface area (Å²) in [6, 6.07) is 4.24. The highest BCUT2D eigenvalue weighted by molar-refractivity contribution is 7.94. The largest absolute Gasteiger partial charge is 0.286 e. The summed E-state index contributed by atoms with van der Waals surface area (Å²) in [6.07, 6.45) is 10.4. The molecule has 0 saturated carbocycles. The Balaban J connectivity index is 7.97. The zero-order chi connectivity index (χ0) is 27.9. The quantitative estimate of drug-likeness (QED) is 0.0921. The van der Waals surface area contributed by atoms with Crippen molar-refractivity contribution in [3.8, 4) is 0 Å². The van der Waals surface area contributed by atoms with Gasteiger partial charge in [-0.1, -0.05) is 155 Å². The topological polar surface area (TPSA) is 109 Å². The first-order valence-electron chi connectivity index (χ1n) is 14.7. The van der Waals surface area contributed by atoms with E-state index >= 15 is 0 Å². The third kappa shape index (κ3) is 9.47. The number of hydrogen-bond donors (Lipinski definition) is 2. The summed E-state index contributed by atoms with van der Waals surface area (Å²) in [4.78, 5) is 0. The van der Waals surface area contributed by atoms with E-state index in [1.807, 2.05) is 0 Å². The number of rotatable bonds is 23. The van der Waals surface area contributed by atoms with E-state index in [1.165, 1.54) is 0 Å². The van der Waals surface area contributed by atoms with Crippen molar-refractivity contribution in [3.63, 3.8) is 0 Å². The van der Waals surface area contributed by atoms with Gasteiger partial charge in [0.2, 0.25) is 0 Å². The van der Waals surface area contributed by atoms with E-state index in [9.17, 15) is 25.9 Å². The van der Waals surface area contributed by atoms with Crippen LogP contribution < -0.4 is 0 Å². The van der Waals surface area contributed by atoms with Crippen LogP contribution in [0.1, 0.15) is 119 Å². The Hall–Kier alpha value is 0.254. The predicted molar refractivity (Wildman–Crippen MR) is 160 cm³/mol. The molecule has 0 aromatic heterocycles. The molecule has 0 aliphatic carbocycles. The van der Waals surface area contributed by atoms with Crippen LogP contribution in [0.4, 0.5) is 0 Å². The van der Waals surface area contributed by atoms with E-state index in [-0.39, 0.29) is 0 Å². The Morgan fingerprint density at radius 2 is 0.722 bits per heavy atom. The molecule has 6 nitrogen and oxygen atoms in total. The molecular weight excluding hydrogens is 529 g/mol. The zero-order valence-corrected chi connectivity index (χ0v) is 27.9. The molecule has 0 unspecified atom stereocenters. The van der Waals surface area contributed by atoms with Crippen molar-refractivity contribution in [2.24, 2.45) is 0 Å².